The summed E-state index contributed by atoms with van der Waals surface area (Å²) in [4.78, 5) is 8.23. The molecule has 1 saturated heterocycles. The molecule has 1 aromatic rings. The van der Waals surface area contributed by atoms with Crippen LogP contribution in [0.25, 0.3) is 0 Å². The van der Waals surface area contributed by atoms with Crippen molar-refractivity contribution in [3.05, 3.63) is 11.2 Å². The zero-order valence-corrected chi connectivity index (χ0v) is 11.7. The van der Waals surface area contributed by atoms with E-state index in [-0.39, 0.29) is 0 Å². The van der Waals surface area contributed by atoms with Crippen LogP contribution in [0.15, 0.2) is 6.20 Å². The van der Waals surface area contributed by atoms with E-state index in [9.17, 15) is 0 Å². The van der Waals surface area contributed by atoms with Crippen LogP contribution in [0.5, 0.6) is 6.01 Å². The van der Waals surface area contributed by atoms with E-state index in [1.54, 1.807) is 13.3 Å². The van der Waals surface area contributed by atoms with Crippen LogP contribution in [-0.2, 0) is 4.74 Å². The number of rotatable bonds is 4. The monoisotopic (exact) mass is 283 g/mol. The molecule has 2 fully saturated rings. The van der Waals surface area contributed by atoms with Gasteiger partial charge in [0, 0.05) is 12.6 Å². The molecule has 1 aromatic heterocycles. The van der Waals surface area contributed by atoms with Crippen LogP contribution in [0, 0.1) is 5.92 Å². The summed E-state index contributed by atoms with van der Waals surface area (Å²) in [6.07, 6.45) is 6.57. The molecule has 1 saturated carbocycles. The molecule has 19 heavy (non-hydrogen) atoms. The lowest BCUT2D eigenvalue weighted by Gasteiger charge is -2.30. The summed E-state index contributed by atoms with van der Waals surface area (Å²) >= 11 is 6.11. The largest absolute Gasteiger partial charge is 0.467 e. The zero-order chi connectivity index (χ0) is 13.2. The average Bonchev–Trinajstić information content (AvgIpc) is 3.26. The Morgan fingerprint density at radius 1 is 1.42 bits per heavy atom. The molecule has 5 nitrogen and oxygen atoms in total. The predicted octanol–water partition coefficient (Wildman–Crippen LogP) is 2.51. The minimum absolute atomic E-state index is 0.331. The van der Waals surface area contributed by atoms with E-state index in [0.717, 1.165) is 25.4 Å². The Labute approximate surface area is 117 Å². The molecular weight excluding hydrogens is 266 g/mol. The van der Waals surface area contributed by atoms with E-state index in [1.165, 1.54) is 12.8 Å². The van der Waals surface area contributed by atoms with Gasteiger partial charge in [0.2, 0.25) is 0 Å². The summed E-state index contributed by atoms with van der Waals surface area (Å²) in [5, 5.41) is 3.92. The molecule has 6 heteroatoms. The maximum absolute atomic E-state index is 6.11. The van der Waals surface area contributed by atoms with Gasteiger partial charge in [0.25, 0.3) is 0 Å². The van der Waals surface area contributed by atoms with E-state index >= 15 is 0 Å². The first kappa shape index (κ1) is 12.9. The molecule has 2 heterocycles. The Morgan fingerprint density at radius 2 is 2.26 bits per heavy atom. The van der Waals surface area contributed by atoms with Crippen molar-refractivity contribution in [1.82, 2.24) is 9.97 Å². The van der Waals surface area contributed by atoms with E-state index in [4.69, 9.17) is 21.1 Å². The number of hydrogen-bond donors (Lipinski definition) is 1. The minimum atomic E-state index is 0.331. The minimum Gasteiger partial charge on any atom is -0.467 e. The normalized spacial score (nSPS) is 27.1. The Hall–Kier alpha value is -1.07. The van der Waals surface area contributed by atoms with Gasteiger partial charge in [0.1, 0.15) is 5.02 Å². The number of methoxy groups -OCH3 is 1. The second kappa shape index (κ2) is 5.51. The highest BCUT2D eigenvalue weighted by Gasteiger charge is 2.36. The van der Waals surface area contributed by atoms with Gasteiger partial charge in [-0.3, -0.25) is 0 Å². The summed E-state index contributed by atoms with van der Waals surface area (Å²) in [5.41, 5.74) is 0. The molecule has 3 rings (SSSR count). The molecule has 0 amide bonds. The van der Waals surface area contributed by atoms with Crippen LogP contribution in [-0.4, -0.2) is 35.8 Å². The summed E-state index contributed by atoms with van der Waals surface area (Å²) in [6, 6.07) is 0.689. The van der Waals surface area contributed by atoms with Gasteiger partial charge in [-0.2, -0.15) is 4.98 Å². The van der Waals surface area contributed by atoms with Gasteiger partial charge in [-0.1, -0.05) is 11.6 Å². The van der Waals surface area contributed by atoms with Crippen LogP contribution in [0.1, 0.15) is 25.7 Å². The lowest BCUT2D eigenvalue weighted by atomic mass is 10.00. The maximum Gasteiger partial charge on any atom is 0.318 e. The first-order chi connectivity index (χ1) is 9.26. The molecular formula is C13H18ClN3O2. The van der Waals surface area contributed by atoms with Gasteiger partial charge >= 0.3 is 6.01 Å². The Kier molecular flexibility index (Phi) is 3.75. The molecule has 0 radical (unpaired) electrons. The highest BCUT2D eigenvalue weighted by molar-refractivity contribution is 6.32. The molecule has 0 bridgehead atoms. The number of ether oxygens (including phenoxy) is 2. The van der Waals surface area contributed by atoms with Crippen molar-refractivity contribution in [3.8, 4) is 6.01 Å². The van der Waals surface area contributed by atoms with Crippen molar-refractivity contribution in [3.63, 3.8) is 0 Å². The molecule has 1 aliphatic carbocycles. The fourth-order valence-corrected chi connectivity index (χ4v) is 2.65. The summed E-state index contributed by atoms with van der Waals surface area (Å²) in [5.74, 6) is 1.41. The van der Waals surface area contributed by atoms with E-state index in [1.807, 2.05) is 0 Å². The quantitative estimate of drug-likeness (QED) is 0.920. The van der Waals surface area contributed by atoms with Crippen LogP contribution >= 0.6 is 11.6 Å². The number of nitrogens with one attached hydrogen (secondary N) is 1. The van der Waals surface area contributed by atoms with Crippen molar-refractivity contribution in [2.45, 2.75) is 37.8 Å². The van der Waals surface area contributed by atoms with Gasteiger partial charge in [-0.05, 0) is 31.6 Å². The Balaban J connectivity index is 1.66. The van der Waals surface area contributed by atoms with Gasteiger partial charge < -0.3 is 14.8 Å². The van der Waals surface area contributed by atoms with Crippen LogP contribution < -0.4 is 10.1 Å². The first-order valence-corrected chi connectivity index (χ1v) is 7.08. The molecule has 0 spiro atoms. The third-order valence-corrected chi connectivity index (χ3v) is 3.98. The second-order valence-corrected chi connectivity index (χ2v) is 5.57. The highest BCUT2D eigenvalue weighted by Crippen LogP contribution is 2.38. The molecule has 1 N–H and O–H groups in total. The number of anilines is 1. The van der Waals surface area contributed by atoms with E-state index in [0.29, 0.717) is 29.0 Å². The van der Waals surface area contributed by atoms with Crippen molar-refractivity contribution >= 4 is 17.4 Å². The van der Waals surface area contributed by atoms with Gasteiger partial charge in [-0.15, -0.1) is 0 Å². The Bertz CT molecular complexity index is 454. The van der Waals surface area contributed by atoms with Crippen LogP contribution in [0.2, 0.25) is 5.02 Å². The molecule has 2 aliphatic rings. The zero-order valence-electron chi connectivity index (χ0n) is 10.9. The number of halogens is 1. The fourth-order valence-electron chi connectivity index (χ4n) is 2.50. The molecule has 2 atom stereocenters. The summed E-state index contributed by atoms with van der Waals surface area (Å²) in [6.45, 7) is 0.804. The third-order valence-electron chi connectivity index (χ3n) is 3.71. The standard InChI is InChI=1S/C13H18ClN3O2/c1-18-13-15-7-10(14)12(17-13)16-9-4-5-19-11(6-9)8-2-3-8/h7-9,11H,2-6H2,1H3,(H,15,16,17). The lowest BCUT2D eigenvalue weighted by molar-refractivity contribution is -0.00223. The lowest BCUT2D eigenvalue weighted by Crippen LogP contribution is -2.35. The smallest absolute Gasteiger partial charge is 0.318 e. The van der Waals surface area contributed by atoms with Gasteiger partial charge in [0.05, 0.1) is 19.4 Å². The SMILES string of the molecule is COc1ncc(Cl)c(NC2CCOC(C3CC3)C2)n1. The van der Waals surface area contributed by atoms with Gasteiger partial charge in [0.15, 0.2) is 5.82 Å². The molecule has 1 aliphatic heterocycles. The number of aromatic nitrogens is 2. The van der Waals surface area contributed by atoms with Crippen LogP contribution in [0.3, 0.4) is 0 Å². The summed E-state index contributed by atoms with van der Waals surface area (Å²) < 4.78 is 10.8. The first-order valence-electron chi connectivity index (χ1n) is 6.71. The summed E-state index contributed by atoms with van der Waals surface area (Å²) in [7, 11) is 1.55. The van der Waals surface area contributed by atoms with Crippen molar-refractivity contribution in [2.75, 3.05) is 19.0 Å². The topological polar surface area (TPSA) is 56.3 Å². The molecule has 0 aromatic carbocycles. The molecule has 104 valence electrons. The highest BCUT2D eigenvalue weighted by atomic mass is 35.5. The fraction of sp³-hybridized carbons (Fsp3) is 0.692. The predicted molar refractivity (Wildman–Crippen MR) is 72.7 cm³/mol. The number of nitrogens with zero attached hydrogens (tertiary/aromatic N) is 2. The van der Waals surface area contributed by atoms with Crippen LogP contribution in [0.4, 0.5) is 5.82 Å². The molecule has 2 unspecified atom stereocenters. The Morgan fingerprint density at radius 3 is 3.00 bits per heavy atom. The van der Waals surface area contributed by atoms with E-state index < -0.39 is 0 Å². The maximum atomic E-state index is 6.11. The second-order valence-electron chi connectivity index (χ2n) is 5.17. The van der Waals surface area contributed by atoms with Crippen molar-refractivity contribution in [2.24, 2.45) is 5.92 Å². The average molecular weight is 284 g/mol. The van der Waals surface area contributed by atoms with E-state index in [2.05, 4.69) is 15.3 Å². The number of hydrogen-bond acceptors (Lipinski definition) is 5. The van der Waals surface area contributed by atoms with Crippen molar-refractivity contribution < 1.29 is 9.47 Å². The van der Waals surface area contributed by atoms with Crippen molar-refractivity contribution in [1.29, 1.82) is 0 Å². The third kappa shape index (κ3) is 3.09. The van der Waals surface area contributed by atoms with Gasteiger partial charge in [-0.25, -0.2) is 4.98 Å².